The van der Waals surface area contributed by atoms with Gasteiger partial charge in [-0.2, -0.15) is 4.37 Å². The van der Waals surface area contributed by atoms with Gasteiger partial charge in [0.15, 0.2) is 0 Å². The number of sulfonamides is 1. The maximum Gasteiger partial charge on any atom is 0.263 e. The molecule has 0 unspecified atom stereocenters. The van der Waals surface area contributed by atoms with E-state index in [9.17, 15) is 12.8 Å². The van der Waals surface area contributed by atoms with Crippen molar-refractivity contribution in [1.29, 1.82) is 0 Å². The average molecular weight is 351 g/mol. The topological polar surface area (TPSA) is 59.1 Å². The van der Waals surface area contributed by atoms with E-state index in [1.54, 1.807) is 5.38 Å². The molecule has 0 aliphatic rings. The molecule has 1 N–H and O–H groups in total. The summed E-state index contributed by atoms with van der Waals surface area (Å²) in [6, 6.07) is 2.41. The lowest BCUT2D eigenvalue weighted by Gasteiger charge is -2.09. The second-order valence-corrected chi connectivity index (χ2v) is 6.71. The minimum Gasteiger partial charge on any atom is -0.277 e. The van der Waals surface area contributed by atoms with Crippen molar-refractivity contribution in [3.8, 4) is 0 Å². The fourth-order valence-electron chi connectivity index (χ4n) is 1.30. The number of aryl methyl sites for hydroxylation is 1. The first-order valence-electron chi connectivity index (χ1n) is 4.78. The molecule has 0 fully saturated rings. The molecule has 1 aromatic heterocycles. The van der Waals surface area contributed by atoms with Gasteiger partial charge in [0.2, 0.25) is 0 Å². The van der Waals surface area contributed by atoms with Crippen molar-refractivity contribution in [1.82, 2.24) is 4.37 Å². The van der Waals surface area contributed by atoms with E-state index in [-0.39, 0.29) is 14.9 Å². The molecule has 0 aliphatic carbocycles. The standard InChI is InChI=1S/C10H8BrFN2O2S2/c1-6-2-10(8(11)3-9(6)12)18(15,16)14-7-4-13-17-5-7/h2-5,14H,1H3. The first-order chi connectivity index (χ1) is 8.40. The van der Waals surface area contributed by atoms with Crippen molar-refractivity contribution >= 4 is 43.2 Å². The molecule has 0 bridgehead atoms. The fourth-order valence-corrected chi connectivity index (χ4v) is 3.98. The predicted octanol–water partition coefficient (Wildman–Crippen LogP) is 3.15. The Morgan fingerprint density at radius 2 is 2.17 bits per heavy atom. The average Bonchev–Trinajstić information content (AvgIpc) is 2.75. The molecule has 0 atom stereocenters. The molecule has 1 heterocycles. The van der Waals surface area contributed by atoms with Crippen molar-refractivity contribution < 1.29 is 12.8 Å². The summed E-state index contributed by atoms with van der Waals surface area (Å²) in [6.07, 6.45) is 1.41. The Balaban J connectivity index is 2.44. The van der Waals surface area contributed by atoms with Crippen molar-refractivity contribution in [3.05, 3.63) is 39.6 Å². The lowest BCUT2D eigenvalue weighted by molar-refractivity contribution is 0.597. The number of aromatic nitrogens is 1. The number of hydrogen-bond donors (Lipinski definition) is 1. The third-order valence-corrected chi connectivity index (χ3v) is 5.11. The van der Waals surface area contributed by atoms with E-state index in [0.29, 0.717) is 5.69 Å². The van der Waals surface area contributed by atoms with Crippen LogP contribution in [0.1, 0.15) is 5.56 Å². The Kier molecular flexibility index (Phi) is 3.69. The Bertz CT molecular complexity index is 671. The van der Waals surface area contributed by atoms with Gasteiger partial charge in [-0.15, -0.1) is 0 Å². The first kappa shape index (κ1) is 13.4. The van der Waals surface area contributed by atoms with Crippen LogP contribution in [0.4, 0.5) is 10.1 Å². The molecule has 18 heavy (non-hydrogen) atoms. The highest BCUT2D eigenvalue weighted by molar-refractivity contribution is 9.10. The molecule has 0 amide bonds. The van der Waals surface area contributed by atoms with Gasteiger partial charge in [0, 0.05) is 9.85 Å². The van der Waals surface area contributed by atoms with Crippen molar-refractivity contribution in [3.63, 3.8) is 0 Å². The van der Waals surface area contributed by atoms with Crippen LogP contribution in [0.25, 0.3) is 0 Å². The summed E-state index contributed by atoms with van der Waals surface area (Å²) < 4.78 is 43.8. The molecule has 2 aromatic rings. The van der Waals surface area contributed by atoms with Gasteiger partial charge in [0.05, 0.1) is 11.9 Å². The number of nitrogens with one attached hydrogen (secondary N) is 1. The van der Waals surface area contributed by atoms with Crippen LogP contribution in [0.5, 0.6) is 0 Å². The van der Waals surface area contributed by atoms with Gasteiger partial charge in [0.1, 0.15) is 10.7 Å². The summed E-state index contributed by atoms with van der Waals surface area (Å²) in [5.41, 5.74) is 0.649. The summed E-state index contributed by atoms with van der Waals surface area (Å²) in [5, 5.41) is 1.57. The van der Waals surface area contributed by atoms with Crippen LogP contribution in [0.15, 0.2) is 33.1 Å². The van der Waals surface area contributed by atoms with Gasteiger partial charge in [-0.3, -0.25) is 4.72 Å². The number of hydrogen-bond acceptors (Lipinski definition) is 4. The van der Waals surface area contributed by atoms with E-state index in [0.717, 1.165) is 17.6 Å². The highest BCUT2D eigenvalue weighted by atomic mass is 79.9. The van der Waals surface area contributed by atoms with E-state index >= 15 is 0 Å². The molecule has 0 saturated heterocycles. The maximum absolute atomic E-state index is 13.3. The van der Waals surface area contributed by atoms with Crippen LogP contribution in [-0.4, -0.2) is 12.8 Å². The minimum atomic E-state index is -3.75. The molecule has 0 saturated carbocycles. The zero-order valence-electron chi connectivity index (χ0n) is 9.15. The number of anilines is 1. The number of halogens is 2. The minimum absolute atomic E-state index is 0.00685. The lowest BCUT2D eigenvalue weighted by atomic mass is 10.2. The van der Waals surface area contributed by atoms with Crippen molar-refractivity contribution in [2.45, 2.75) is 11.8 Å². The number of nitrogens with zero attached hydrogens (tertiary/aromatic N) is 1. The largest absolute Gasteiger partial charge is 0.277 e. The summed E-state index contributed by atoms with van der Waals surface area (Å²) in [5.74, 6) is -0.460. The van der Waals surface area contributed by atoms with Crippen LogP contribution in [0.2, 0.25) is 0 Å². The highest BCUT2D eigenvalue weighted by Crippen LogP contribution is 2.27. The van der Waals surface area contributed by atoms with Gasteiger partial charge >= 0.3 is 0 Å². The van der Waals surface area contributed by atoms with Gasteiger partial charge in [0.25, 0.3) is 10.0 Å². The van der Waals surface area contributed by atoms with Crippen LogP contribution in [0.3, 0.4) is 0 Å². The van der Waals surface area contributed by atoms with E-state index in [2.05, 4.69) is 25.0 Å². The van der Waals surface area contributed by atoms with Crippen LogP contribution >= 0.6 is 27.5 Å². The Hall–Kier alpha value is -0.990. The van der Waals surface area contributed by atoms with E-state index in [1.165, 1.54) is 19.2 Å². The maximum atomic E-state index is 13.3. The summed E-state index contributed by atoms with van der Waals surface area (Å²) in [7, 11) is -3.75. The zero-order chi connectivity index (χ0) is 13.3. The molecular formula is C10H8BrFN2O2S2. The van der Waals surface area contributed by atoms with E-state index < -0.39 is 15.8 Å². The Labute approximate surface area is 116 Å². The molecule has 0 aliphatic heterocycles. The van der Waals surface area contributed by atoms with E-state index in [1.807, 2.05) is 0 Å². The molecule has 0 radical (unpaired) electrons. The molecule has 1 aromatic carbocycles. The third-order valence-electron chi connectivity index (χ3n) is 2.19. The zero-order valence-corrected chi connectivity index (χ0v) is 12.4. The molecule has 2 rings (SSSR count). The van der Waals surface area contributed by atoms with Gasteiger partial charge in [-0.1, -0.05) is 0 Å². The second-order valence-electron chi connectivity index (χ2n) is 3.55. The smallest absolute Gasteiger partial charge is 0.263 e. The molecular weight excluding hydrogens is 343 g/mol. The molecule has 96 valence electrons. The van der Waals surface area contributed by atoms with Crippen molar-refractivity contribution in [2.24, 2.45) is 0 Å². The fraction of sp³-hybridized carbons (Fsp3) is 0.100. The highest BCUT2D eigenvalue weighted by Gasteiger charge is 2.19. The summed E-state index contributed by atoms with van der Waals surface area (Å²) in [6.45, 7) is 1.51. The molecule has 8 heteroatoms. The Morgan fingerprint density at radius 3 is 2.78 bits per heavy atom. The number of rotatable bonds is 3. The van der Waals surface area contributed by atoms with Gasteiger partial charge in [-0.25, -0.2) is 12.8 Å². The Morgan fingerprint density at radius 1 is 1.44 bits per heavy atom. The van der Waals surface area contributed by atoms with E-state index in [4.69, 9.17) is 0 Å². The summed E-state index contributed by atoms with van der Waals surface area (Å²) in [4.78, 5) is -0.00685. The van der Waals surface area contributed by atoms with Crippen LogP contribution < -0.4 is 4.72 Å². The SMILES string of the molecule is Cc1cc(S(=O)(=O)Nc2cnsc2)c(Br)cc1F. The first-order valence-corrected chi connectivity index (χ1v) is 7.89. The lowest BCUT2D eigenvalue weighted by Crippen LogP contribution is -2.13. The summed E-state index contributed by atoms with van der Waals surface area (Å²) >= 11 is 4.19. The predicted molar refractivity (Wildman–Crippen MR) is 71.8 cm³/mol. The number of benzene rings is 1. The van der Waals surface area contributed by atoms with Crippen LogP contribution in [0, 0.1) is 12.7 Å². The second kappa shape index (κ2) is 4.94. The monoisotopic (exact) mass is 350 g/mol. The normalized spacial score (nSPS) is 11.5. The van der Waals surface area contributed by atoms with Gasteiger partial charge < -0.3 is 0 Å². The van der Waals surface area contributed by atoms with Crippen LogP contribution in [-0.2, 0) is 10.0 Å². The van der Waals surface area contributed by atoms with Gasteiger partial charge in [-0.05, 0) is 52.1 Å². The quantitative estimate of drug-likeness (QED) is 0.924. The molecule has 4 nitrogen and oxygen atoms in total. The van der Waals surface area contributed by atoms with Crippen molar-refractivity contribution in [2.75, 3.05) is 4.72 Å². The molecule has 0 spiro atoms. The third kappa shape index (κ3) is 2.70.